The number of aliphatic hydroxyl groups excluding tert-OH is 1. The van der Waals surface area contributed by atoms with Gasteiger partial charge in [-0.1, -0.05) is 42.5 Å². The van der Waals surface area contributed by atoms with E-state index < -0.39 is 17.7 Å². The molecule has 0 amide bonds. The van der Waals surface area contributed by atoms with Crippen LogP contribution in [0.5, 0.6) is 0 Å². The zero-order chi connectivity index (χ0) is 14.8. The Hall–Kier alpha value is -2.26. The molecule has 0 aliphatic rings. The van der Waals surface area contributed by atoms with Crippen LogP contribution in [0.2, 0.25) is 0 Å². The molecule has 106 valence electrons. The fraction of sp³-hybridized carbons (Fsp3) is 0.111. The molecule has 0 heterocycles. The Kier molecular flexibility index (Phi) is 3.67. The molecule has 3 heteroatoms. The first-order valence-corrected chi connectivity index (χ1v) is 6.74. The molecule has 0 saturated heterocycles. The van der Waals surface area contributed by atoms with E-state index in [-0.39, 0.29) is 6.42 Å². The summed E-state index contributed by atoms with van der Waals surface area (Å²) in [4.78, 5) is 0. The van der Waals surface area contributed by atoms with E-state index in [2.05, 4.69) is 0 Å². The van der Waals surface area contributed by atoms with Crippen LogP contribution in [-0.4, -0.2) is 5.11 Å². The van der Waals surface area contributed by atoms with Crippen molar-refractivity contribution in [2.24, 2.45) is 0 Å². The normalized spacial score (nSPS) is 12.5. The summed E-state index contributed by atoms with van der Waals surface area (Å²) in [7, 11) is 0. The largest absolute Gasteiger partial charge is 0.388 e. The van der Waals surface area contributed by atoms with Gasteiger partial charge >= 0.3 is 0 Å². The maximum absolute atomic E-state index is 13.2. The first-order valence-electron chi connectivity index (χ1n) is 6.74. The highest BCUT2D eigenvalue weighted by Gasteiger charge is 2.11. The molecular weight excluding hydrogens is 270 g/mol. The van der Waals surface area contributed by atoms with Crippen molar-refractivity contribution in [3.05, 3.63) is 83.4 Å². The lowest BCUT2D eigenvalue weighted by Crippen LogP contribution is -2.02. The third-order valence-corrected chi connectivity index (χ3v) is 3.57. The maximum atomic E-state index is 13.2. The summed E-state index contributed by atoms with van der Waals surface area (Å²) in [6.45, 7) is 0. The number of rotatable bonds is 3. The van der Waals surface area contributed by atoms with Crippen molar-refractivity contribution in [3.63, 3.8) is 0 Å². The summed E-state index contributed by atoms with van der Waals surface area (Å²) in [6.07, 6.45) is -0.505. The summed E-state index contributed by atoms with van der Waals surface area (Å²) in [5.41, 5.74) is 1.33. The van der Waals surface area contributed by atoms with Gasteiger partial charge in [0.15, 0.2) is 11.6 Å². The molecule has 0 saturated carbocycles. The molecule has 3 rings (SSSR count). The van der Waals surface area contributed by atoms with Crippen LogP contribution in [-0.2, 0) is 6.42 Å². The van der Waals surface area contributed by atoms with E-state index >= 15 is 0 Å². The molecule has 0 fully saturated rings. The number of aliphatic hydroxyl groups is 1. The summed E-state index contributed by atoms with van der Waals surface area (Å²) < 4.78 is 26.1. The quantitative estimate of drug-likeness (QED) is 0.756. The summed E-state index contributed by atoms with van der Waals surface area (Å²) in [6, 6.07) is 17.3. The molecule has 0 aliphatic heterocycles. The van der Waals surface area contributed by atoms with E-state index in [0.29, 0.717) is 5.56 Å². The van der Waals surface area contributed by atoms with E-state index in [4.69, 9.17) is 0 Å². The molecule has 1 nitrogen and oxygen atoms in total. The fourth-order valence-corrected chi connectivity index (χ4v) is 2.42. The second-order valence-corrected chi connectivity index (χ2v) is 5.07. The van der Waals surface area contributed by atoms with Crippen LogP contribution >= 0.6 is 0 Å². The number of hydrogen-bond donors (Lipinski definition) is 1. The standard InChI is InChI=1S/C18H14F2O/c19-16-8-5-12(9-17(16)20)10-18(21)15-7-6-13-3-1-2-4-14(13)11-15/h1-9,11,18,21H,10H2. The van der Waals surface area contributed by atoms with Gasteiger partial charge in [-0.15, -0.1) is 0 Å². The molecule has 0 bridgehead atoms. The van der Waals surface area contributed by atoms with Crippen molar-refractivity contribution in [2.75, 3.05) is 0 Å². The van der Waals surface area contributed by atoms with Crippen molar-refractivity contribution >= 4 is 10.8 Å². The highest BCUT2D eigenvalue weighted by molar-refractivity contribution is 5.83. The van der Waals surface area contributed by atoms with Gasteiger partial charge in [0.2, 0.25) is 0 Å². The first-order chi connectivity index (χ1) is 10.1. The first kappa shape index (κ1) is 13.7. The molecule has 1 N–H and O–H groups in total. The summed E-state index contributed by atoms with van der Waals surface area (Å²) >= 11 is 0. The number of hydrogen-bond acceptors (Lipinski definition) is 1. The minimum Gasteiger partial charge on any atom is -0.388 e. The summed E-state index contributed by atoms with van der Waals surface area (Å²) in [5, 5.41) is 12.4. The smallest absolute Gasteiger partial charge is 0.159 e. The predicted molar refractivity (Wildman–Crippen MR) is 79.0 cm³/mol. The SMILES string of the molecule is OC(Cc1ccc(F)c(F)c1)c1ccc2ccccc2c1. The molecule has 3 aromatic carbocycles. The monoisotopic (exact) mass is 284 g/mol. The molecule has 1 unspecified atom stereocenters. The minimum absolute atomic E-state index is 0.246. The zero-order valence-electron chi connectivity index (χ0n) is 11.3. The molecule has 0 aliphatic carbocycles. The van der Waals surface area contributed by atoms with E-state index in [1.807, 2.05) is 42.5 Å². The van der Waals surface area contributed by atoms with Crippen LogP contribution in [0.25, 0.3) is 10.8 Å². The van der Waals surface area contributed by atoms with Gasteiger partial charge in [0.05, 0.1) is 6.10 Å². The molecule has 21 heavy (non-hydrogen) atoms. The third kappa shape index (κ3) is 2.93. The second kappa shape index (κ2) is 5.62. The lowest BCUT2D eigenvalue weighted by atomic mass is 9.98. The Labute approximate surface area is 121 Å². The van der Waals surface area contributed by atoms with Crippen molar-refractivity contribution < 1.29 is 13.9 Å². The van der Waals surface area contributed by atoms with Gasteiger partial charge in [-0.05, 0) is 40.1 Å². The lowest BCUT2D eigenvalue weighted by Gasteiger charge is -2.12. The van der Waals surface area contributed by atoms with Crippen LogP contribution in [0.4, 0.5) is 8.78 Å². The topological polar surface area (TPSA) is 20.2 Å². The third-order valence-electron chi connectivity index (χ3n) is 3.57. The van der Waals surface area contributed by atoms with Gasteiger partial charge < -0.3 is 5.11 Å². The van der Waals surface area contributed by atoms with Gasteiger partial charge in [0.25, 0.3) is 0 Å². The maximum Gasteiger partial charge on any atom is 0.159 e. The van der Waals surface area contributed by atoms with Crippen molar-refractivity contribution in [2.45, 2.75) is 12.5 Å². The number of fused-ring (bicyclic) bond motifs is 1. The number of halogens is 2. The zero-order valence-corrected chi connectivity index (χ0v) is 11.3. The van der Waals surface area contributed by atoms with Crippen molar-refractivity contribution in [3.8, 4) is 0 Å². The van der Waals surface area contributed by atoms with E-state index in [1.165, 1.54) is 6.07 Å². The predicted octanol–water partition coefficient (Wildman–Crippen LogP) is 4.39. The highest BCUT2D eigenvalue weighted by Crippen LogP contribution is 2.23. The van der Waals surface area contributed by atoms with Gasteiger partial charge in [0, 0.05) is 6.42 Å². The molecular formula is C18H14F2O. The Morgan fingerprint density at radius 1 is 0.810 bits per heavy atom. The van der Waals surface area contributed by atoms with Gasteiger partial charge in [-0.3, -0.25) is 0 Å². The van der Waals surface area contributed by atoms with Crippen molar-refractivity contribution in [1.82, 2.24) is 0 Å². The Balaban J connectivity index is 1.85. The van der Waals surface area contributed by atoms with Gasteiger partial charge in [-0.25, -0.2) is 8.78 Å². The Bertz CT molecular complexity index is 783. The average Bonchev–Trinajstić information content (AvgIpc) is 2.50. The van der Waals surface area contributed by atoms with Crippen LogP contribution in [0.3, 0.4) is 0 Å². The van der Waals surface area contributed by atoms with E-state index in [9.17, 15) is 13.9 Å². The highest BCUT2D eigenvalue weighted by atomic mass is 19.2. The van der Waals surface area contributed by atoms with E-state index in [1.54, 1.807) is 0 Å². The van der Waals surface area contributed by atoms with Gasteiger partial charge in [0.1, 0.15) is 0 Å². The van der Waals surface area contributed by atoms with Gasteiger partial charge in [-0.2, -0.15) is 0 Å². The fourth-order valence-electron chi connectivity index (χ4n) is 2.42. The van der Waals surface area contributed by atoms with Crippen LogP contribution in [0.1, 0.15) is 17.2 Å². The van der Waals surface area contributed by atoms with Crippen LogP contribution in [0, 0.1) is 11.6 Å². The molecule has 0 spiro atoms. The van der Waals surface area contributed by atoms with Crippen molar-refractivity contribution in [1.29, 1.82) is 0 Å². The average molecular weight is 284 g/mol. The minimum atomic E-state index is -0.891. The Morgan fingerprint density at radius 3 is 2.33 bits per heavy atom. The molecule has 0 radical (unpaired) electrons. The second-order valence-electron chi connectivity index (χ2n) is 5.07. The number of benzene rings is 3. The molecule has 3 aromatic rings. The Morgan fingerprint density at radius 2 is 1.57 bits per heavy atom. The molecule has 1 atom stereocenters. The van der Waals surface area contributed by atoms with E-state index in [0.717, 1.165) is 28.5 Å². The van der Waals surface area contributed by atoms with Crippen LogP contribution in [0.15, 0.2) is 60.7 Å². The lowest BCUT2D eigenvalue weighted by molar-refractivity contribution is 0.178. The molecule has 0 aromatic heterocycles. The van der Waals surface area contributed by atoms with Crippen LogP contribution < -0.4 is 0 Å². The summed E-state index contributed by atoms with van der Waals surface area (Å²) in [5.74, 6) is -1.77.